The van der Waals surface area contributed by atoms with Crippen LogP contribution in [0.4, 0.5) is 5.69 Å². The van der Waals surface area contributed by atoms with E-state index in [1.165, 1.54) is 0 Å². The van der Waals surface area contributed by atoms with E-state index in [0.717, 1.165) is 20.8 Å². The zero-order valence-electron chi connectivity index (χ0n) is 10.00. The maximum absolute atomic E-state index is 11.4. The molecule has 3 N–H and O–H groups in total. The normalized spacial score (nSPS) is 10.6. The SMILES string of the molecule is CC(C)NC(=O)CCSc1cc(Br)ccc1N. The summed E-state index contributed by atoms with van der Waals surface area (Å²) in [7, 11) is 0. The molecule has 0 saturated heterocycles. The molecule has 5 heteroatoms. The summed E-state index contributed by atoms with van der Waals surface area (Å²) in [6, 6.07) is 5.94. The molecule has 3 nitrogen and oxygen atoms in total. The third kappa shape index (κ3) is 5.46. The van der Waals surface area contributed by atoms with Crippen molar-refractivity contribution in [3.63, 3.8) is 0 Å². The van der Waals surface area contributed by atoms with E-state index in [1.54, 1.807) is 11.8 Å². The number of nitrogen functional groups attached to an aromatic ring is 1. The monoisotopic (exact) mass is 316 g/mol. The van der Waals surface area contributed by atoms with Gasteiger partial charge in [-0.05, 0) is 32.0 Å². The quantitative estimate of drug-likeness (QED) is 0.648. The summed E-state index contributed by atoms with van der Waals surface area (Å²) < 4.78 is 1.00. The summed E-state index contributed by atoms with van der Waals surface area (Å²) in [4.78, 5) is 12.4. The Labute approximate surface area is 115 Å². The van der Waals surface area contributed by atoms with Crippen molar-refractivity contribution in [2.24, 2.45) is 0 Å². The lowest BCUT2D eigenvalue weighted by Crippen LogP contribution is -2.30. The summed E-state index contributed by atoms with van der Waals surface area (Å²) in [5.41, 5.74) is 6.60. The minimum atomic E-state index is 0.0843. The van der Waals surface area contributed by atoms with E-state index in [9.17, 15) is 4.79 Å². The Balaban J connectivity index is 2.40. The van der Waals surface area contributed by atoms with Crippen LogP contribution in [0.5, 0.6) is 0 Å². The van der Waals surface area contributed by atoms with Gasteiger partial charge < -0.3 is 11.1 Å². The second-order valence-corrected chi connectivity index (χ2v) is 6.06. The summed E-state index contributed by atoms with van der Waals surface area (Å²) >= 11 is 5.00. The molecule has 0 aromatic heterocycles. The zero-order chi connectivity index (χ0) is 12.8. The number of anilines is 1. The summed E-state index contributed by atoms with van der Waals surface area (Å²) in [5, 5.41) is 2.86. The Morgan fingerprint density at radius 3 is 2.88 bits per heavy atom. The Bertz CT molecular complexity index is 396. The van der Waals surface area contributed by atoms with Crippen LogP contribution in [-0.4, -0.2) is 17.7 Å². The highest BCUT2D eigenvalue weighted by Gasteiger charge is 2.05. The van der Waals surface area contributed by atoms with Crippen molar-refractivity contribution in [2.75, 3.05) is 11.5 Å². The molecule has 1 aromatic rings. The zero-order valence-corrected chi connectivity index (χ0v) is 12.4. The van der Waals surface area contributed by atoms with Gasteiger partial charge in [0.15, 0.2) is 0 Å². The van der Waals surface area contributed by atoms with Crippen molar-refractivity contribution in [3.05, 3.63) is 22.7 Å². The Hall–Kier alpha value is -0.680. The van der Waals surface area contributed by atoms with Crippen molar-refractivity contribution in [1.82, 2.24) is 5.32 Å². The number of halogens is 1. The third-order valence-electron chi connectivity index (χ3n) is 2.01. The van der Waals surface area contributed by atoms with Crippen LogP contribution in [0.1, 0.15) is 20.3 Å². The second-order valence-electron chi connectivity index (χ2n) is 4.00. The first-order valence-corrected chi connectivity index (χ1v) is 7.24. The van der Waals surface area contributed by atoms with Crippen molar-refractivity contribution in [1.29, 1.82) is 0 Å². The molecule has 0 heterocycles. The number of rotatable bonds is 5. The lowest BCUT2D eigenvalue weighted by Gasteiger charge is -2.09. The fourth-order valence-electron chi connectivity index (χ4n) is 1.28. The number of nitrogens with two attached hydrogens (primary N) is 1. The molecule has 0 radical (unpaired) electrons. The van der Waals surface area contributed by atoms with Crippen LogP contribution in [0.15, 0.2) is 27.6 Å². The molecule has 0 atom stereocenters. The van der Waals surface area contributed by atoms with Gasteiger partial charge in [-0.1, -0.05) is 15.9 Å². The Morgan fingerprint density at radius 1 is 1.53 bits per heavy atom. The molecule has 0 aliphatic carbocycles. The smallest absolute Gasteiger partial charge is 0.221 e. The molecule has 0 aliphatic heterocycles. The minimum Gasteiger partial charge on any atom is -0.398 e. The predicted molar refractivity (Wildman–Crippen MR) is 77.2 cm³/mol. The lowest BCUT2D eigenvalue weighted by molar-refractivity contribution is -0.121. The third-order valence-corrected chi connectivity index (χ3v) is 3.58. The van der Waals surface area contributed by atoms with E-state index >= 15 is 0 Å². The van der Waals surface area contributed by atoms with Crippen LogP contribution in [0, 0.1) is 0 Å². The molecule has 17 heavy (non-hydrogen) atoms. The van der Waals surface area contributed by atoms with E-state index in [-0.39, 0.29) is 11.9 Å². The lowest BCUT2D eigenvalue weighted by atomic mass is 10.3. The van der Waals surface area contributed by atoms with Gasteiger partial charge in [-0.2, -0.15) is 0 Å². The largest absolute Gasteiger partial charge is 0.398 e. The van der Waals surface area contributed by atoms with Gasteiger partial charge in [0.1, 0.15) is 0 Å². The maximum Gasteiger partial charge on any atom is 0.221 e. The molecular weight excluding hydrogens is 300 g/mol. The molecule has 94 valence electrons. The topological polar surface area (TPSA) is 55.1 Å². The van der Waals surface area contributed by atoms with Crippen LogP contribution < -0.4 is 11.1 Å². The van der Waals surface area contributed by atoms with Gasteiger partial charge >= 0.3 is 0 Å². The van der Waals surface area contributed by atoms with E-state index in [2.05, 4.69) is 21.2 Å². The highest BCUT2D eigenvalue weighted by atomic mass is 79.9. The van der Waals surface area contributed by atoms with Crippen molar-refractivity contribution >= 4 is 39.3 Å². The number of hydrogen-bond acceptors (Lipinski definition) is 3. The molecule has 0 aliphatic rings. The highest BCUT2D eigenvalue weighted by molar-refractivity contribution is 9.10. The van der Waals surface area contributed by atoms with Crippen LogP contribution in [0.25, 0.3) is 0 Å². The summed E-state index contributed by atoms with van der Waals surface area (Å²) in [5.74, 6) is 0.820. The minimum absolute atomic E-state index is 0.0843. The molecule has 1 amide bonds. The standard InChI is InChI=1S/C12H17BrN2OS/c1-8(2)15-12(16)5-6-17-11-7-9(13)3-4-10(11)14/h3-4,7-8H,5-6,14H2,1-2H3,(H,15,16). The van der Waals surface area contributed by atoms with E-state index in [4.69, 9.17) is 5.73 Å². The Morgan fingerprint density at radius 2 is 2.24 bits per heavy atom. The van der Waals surface area contributed by atoms with Gasteiger partial charge in [0, 0.05) is 33.3 Å². The van der Waals surface area contributed by atoms with Gasteiger partial charge in [-0.15, -0.1) is 11.8 Å². The van der Waals surface area contributed by atoms with E-state index in [1.807, 2.05) is 32.0 Å². The molecule has 0 fully saturated rings. The predicted octanol–water partition coefficient (Wildman–Crippen LogP) is 3.04. The number of thioether (sulfide) groups is 1. The average Bonchev–Trinajstić information content (AvgIpc) is 2.22. The fraction of sp³-hybridized carbons (Fsp3) is 0.417. The molecule has 0 spiro atoms. The number of hydrogen-bond donors (Lipinski definition) is 2. The fourth-order valence-corrected chi connectivity index (χ4v) is 2.75. The molecule has 1 aromatic carbocycles. The van der Waals surface area contributed by atoms with Gasteiger partial charge in [0.25, 0.3) is 0 Å². The summed E-state index contributed by atoms with van der Waals surface area (Å²) in [6.07, 6.45) is 0.509. The molecule has 0 saturated carbocycles. The average molecular weight is 317 g/mol. The molecular formula is C12H17BrN2OS. The number of carbonyl (C=O) groups is 1. The summed E-state index contributed by atoms with van der Waals surface area (Å²) in [6.45, 7) is 3.91. The number of carbonyl (C=O) groups excluding carboxylic acids is 1. The maximum atomic E-state index is 11.4. The van der Waals surface area contributed by atoms with Crippen LogP contribution >= 0.6 is 27.7 Å². The first-order chi connectivity index (χ1) is 7.99. The molecule has 0 unspecified atom stereocenters. The first kappa shape index (κ1) is 14.4. The van der Waals surface area contributed by atoms with Gasteiger partial charge in [0.05, 0.1) is 0 Å². The number of amides is 1. The van der Waals surface area contributed by atoms with Crippen LogP contribution in [0.3, 0.4) is 0 Å². The van der Waals surface area contributed by atoms with E-state index < -0.39 is 0 Å². The van der Waals surface area contributed by atoms with Gasteiger partial charge in [-0.3, -0.25) is 4.79 Å². The van der Waals surface area contributed by atoms with Crippen LogP contribution in [-0.2, 0) is 4.79 Å². The number of benzene rings is 1. The van der Waals surface area contributed by atoms with Crippen molar-refractivity contribution < 1.29 is 4.79 Å². The molecule has 1 rings (SSSR count). The van der Waals surface area contributed by atoms with Crippen molar-refractivity contribution in [3.8, 4) is 0 Å². The second kappa shape index (κ2) is 6.91. The number of nitrogens with one attached hydrogen (secondary N) is 1. The highest BCUT2D eigenvalue weighted by Crippen LogP contribution is 2.28. The van der Waals surface area contributed by atoms with Gasteiger partial charge in [-0.25, -0.2) is 0 Å². The van der Waals surface area contributed by atoms with Crippen molar-refractivity contribution in [2.45, 2.75) is 31.2 Å². The Kier molecular flexibility index (Phi) is 5.85. The van der Waals surface area contributed by atoms with Crippen LogP contribution in [0.2, 0.25) is 0 Å². The molecule has 0 bridgehead atoms. The van der Waals surface area contributed by atoms with E-state index in [0.29, 0.717) is 6.42 Å². The first-order valence-electron chi connectivity index (χ1n) is 5.46. The van der Waals surface area contributed by atoms with Gasteiger partial charge in [0.2, 0.25) is 5.91 Å².